The second kappa shape index (κ2) is 10.9. The van der Waals surface area contributed by atoms with Crippen molar-refractivity contribution in [1.82, 2.24) is 19.7 Å². The predicted molar refractivity (Wildman–Crippen MR) is 102 cm³/mol. The van der Waals surface area contributed by atoms with Crippen molar-refractivity contribution in [2.45, 2.75) is 18.6 Å². The lowest BCUT2D eigenvalue weighted by molar-refractivity contribution is -0.129. The van der Waals surface area contributed by atoms with Crippen molar-refractivity contribution in [3.8, 4) is 11.4 Å². The van der Waals surface area contributed by atoms with E-state index in [9.17, 15) is 4.79 Å². The summed E-state index contributed by atoms with van der Waals surface area (Å²) in [7, 11) is 3.26. The molecule has 26 heavy (non-hydrogen) atoms. The third-order valence-corrected chi connectivity index (χ3v) is 4.82. The topological polar surface area (TPSA) is 69.5 Å². The Morgan fingerprint density at radius 1 is 1.12 bits per heavy atom. The van der Waals surface area contributed by atoms with Crippen molar-refractivity contribution in [3.63, 3.8) is 0 Å². The third kappa shape index (κ3) is 5.55. The van der Waals surface area contributed by atoms with E-state index in [1.807, 2.05) is 41.8 Å². The number of ether oxygens (including phenoxy) is 2. The van der Waals surface area contributed by atoms with Gasteiger partial charge in [-0.05, 0) is 6.92 Å². The molecule has 0 radical (unpaired) electrons. The van der Waals surface area contributed by atoms with Gasteiger partial charge in [0.2, 0.25) is 5.91 Å². The van der Waals surface area contributed by atoms with E-state index >= 15 is 0 Å². The number of methoxy groups -OCH3 is 2. The minimum Gasteiger partial charge on any atom is -0.383 e. The molecule has 1 heterocycles. The van der Waals surface area contributed by atoms with E-state index in [2.05, 4.69) is 10.2 Å². The summed E-state index contributed by atoms with van der Waals surface area (Å²) < 4.78 is 12.2. The summed E-state index contributed by atoms with van der Waals surface area (Å²) >= 11 is 1.41. The van der Waals surface area contributed by atoms with Crippen molar-refractivity contribution < 1.29 is 14.3 Å². The average molecular weight is 378 g/mol. The van der Waals surface area contributed by atoms with Crippen LogP contribution in [0.25, 0.3) is 11.4 Å². The number of aromatic nitrogens is 3. The summed E-state index contributed by atoms with van der Waals surface area (Å²) in [4.78, 5) is 14.3. The molecule has 0 fully saturated rings. The lowest BCUT2D eigenvalue weighted by Gasteiger charge is -2.21. The molecule has 0 spiro atoms. The van der Waals surface area contributed by atoms with Crippen molar-refractivity contribution >= 4 is 17.7 Å². The third-order valence-electron chi connectivity index (χ3n) is 3.87. The molecule has 0 aliphatic heterocycles. The van der Waals surface area contributed by atoms with Crippen LogP contribution in [0.1, 0.15) is 6.92 Å². The molecule has 1 aromatic heterocycles. The zero-order valence-corrected chi connectivity index (χ0v) is 16.4. The molecular weight excluding hydrogens is 352 g/mol. The van der Waals surface area contributed by atoms with Crippen LogP contribution in [-0.4, -0.2) is 71.8 Å². The molecule has 0 N–H and O–H groups in total. The van der Waals surface area contributed by atoms with Crippen LogP contribution in [0.15, 0.2) is 35.5 Å². The molecule has 2 aromatic rings. The predicted octanol–water partition coefficient (Wildman–Crippen LogP) is 2.18. The highest BCUT2D eigenvalue weighted by molar-refractivity contribution is 7.99. The van der Waals surface area contributed by atoms with Gasteiger partial charge in [0.1, 0.15) is 0 Å². The highest BCUT2D eigenvalue weighted by atomic mass is 32.2. The molecule has 1 aromatic carbocycles. The fraction of sp³-hybridized carbons (Fsp3) is 0.500. The van der Waals surface area contributed by atoms with Crippen LogP contribution in [0.2, 0.25) is 0 Å². The smallest absolute Gasteiger partial charge is 0.233 e. The van der Waals surface area contributed by atoms with Crippen LogP contribution in [-0.2, 0) is 20.8 Å². The van der Waals surface area contributed by atoms with Crippen LogP contribution in [0.4, 0.5) is 0 Å². The molecule has 2 rings (SSSR count). The van der Waals surface area contributed by atoms with Crippen LogP contribution in [0.5, 0.6) is 0 Å². The van der Waals surface area contributed by atoms with Crippen LogP contribution < -0.4 is 0 Å². The largest absolute Gasteiger partial charge is 0.383 e. The Labute approximate surface area is 158 Å². The maximum absolute atomic E-state index is 12.5. The molecule has 142 valence electrons. The summed E-state index contributed by atoms with van der Waals surface area (Å²) in [6, 6.07) is 9.94. The van der Waals surface area contributed by atoms with Crippen LogP contribution in [0, 0.1) is 0 Å². The molecule has 0 atom stereocenters. The van der Waals surface area contributed by atoms with Crippen molar-refractivity contribution in [3.05, 3.63) is 30.3 Å². The first-order valence-corrected chi connectivity index (χ1v) is 9.56. The van der Waals surface area contributed by atoms with E-state index in [0.717, 1.165) is 23.1 Å². The van der Waals surface area contributed by atoms with E-state index in [1.165, 1.54) is 11.8 Å². The highest BCUT2D eigenvalue weighted by Gasteiger charge is 2.17. The number of nitrogens with zero attached hydrogens (tertiary/aromatic N) is 4. The van der Waals surface area contributed by atoms with E-state index in [4.69, 9.17) is 9.47 Å². The van der Waals surface area contributed by atoms with Gasteiger partial charge >= 0.3 is 0 Å². The van der Waals surface area contributed by atoms with Crippen molar-refractivity contribution in [2.75, 3.05) is 46.3 Å². The maximum atomic E-state index is 12.5. The number of benzene rings is 1. The molecule has 0 bridgehead atoms. The normalized spacial score (nSPS) is 10.9. The second-order valence-corrected chi connectivity index (χ2v) is 6.51. The lowest BCUT2D eigenvalue weighted by Crippen LogP contribution is -2.37. The van der Waals surface area contributed by atoms with Crippen molar-refractivity contribution in [2.24, 2.45) is 0 Å². The monoisotopic (exact) mass is 378 g/mol. The molecule has 0 aliphatic rings. The van der Waals surface area contributed by atoms with Gasteiger partial charge in [0.25, 0.3) is 0 Å². The Morgan fingerprint density at radius 3 is 2.35 bits per heavy atom. The molecule has 0 aliphatic carbocycles. The van der Waals surface area contributed by atoms with E-state index in [1.54, 1.807) is 19.1 Å². The standard InChI is InChI=1S/C18H26N4O3S/c1-4-22-17(15-8-6-5-7-9-15)19-20-18(22)26-14-16(23)21(10-12-24-2)11-13-25-3/h5-9H,4,10-14H2,1-3H3. The minimum absolute atomic E-state index is 0.0380. The first kappa shape index (κ1) is 20.4. The van der Waals surface area contributed by atoms with Gasteiger partial charge in [-0.25, -0.2) is 0 Å². The Balaban J connectivity index is 2.03. The molecule has 7 nitrogen and oxygen atoms in total. The molecular formula is C18H26N4O3S. The van der Waals surface area contributed by atoms with Gasteiger partial charge in [-0.15, -0.1) is 10.2 Å². The van der Waals surface area contributed by atoms with E-state index in [-0.39, 0.29) is 5.91 Å². The van der Waals surface area contributed by atoms with Gasteiger partial charge in [0, 0.05) is 39.4 Å². The van der Waals surface area contributed by atoms with Gasteiger partial charge in [0.05, 0.1) is 19.0 Å². The molecule has 0 saturated heterocycles. The summed E-state index contributed by atoms with van der Waals surface area (Å²) in [5.41, 5.74) is 1.02. The SMILES string of the molecule is CCn1c(SCC(=O)N(CCOC)CCOC)nnc1-c1ccccc1. The first-order valence-electron chi connectivity index (χ1n) is 8.58. The van der Waals surface area contributed by atoms with Gasteiger partial charge in [-0.1, -0.05) is 42.1 Å². The number of hydrogen-bond donors (Lipinski definition) is 0. The van der Waals surface area contributed by atoms with E-state index in [0.29, 0.717) is 32.1 Å². The van der Waals surface area contributed by atoms with E-state index < -0.39 is 0 Å². The Kier molecular flexibility index (Phi) is 8.60. The number of rotatable bonds is 11. The molecule has 0 saturated carbocycles. The number of carbonyl (C=O) groups excluding carboxylic acids is 1. The minimum atomic E-state index is 0.0380. The van der Waals surface area contributed by atoms with Crippen LogP contribution >= 0.6 is 11.8 Å². The lowest BCUT2D eigenvalue weighted by atomic mass is 10.2. The zero-order valence-electron chi connectivity index (χ0n) is 15.6. The summed E-state index contributed by atoms with van der Waals surface area (Å²) in [5.74, 6) is 1.16. The molecule has 1 amide bonds. The fourth-order valence-corrected chi connectivity index (χ4v) is 3.37. The highest BCUT2D eigenvalue weighted by Crippen LogP contribution is 2.23. The molecule has 8 heteroatoms. The maximum Gasteiger partial charge on any atom is 0.233 e. The number of amides is 1. The number of hydrogen-bond acceptors (Lipinski definition) is 6. The van der Waals surface area contributed by atoms with Gasteiger partial charge in [-0.2, -0.15) is 0 Å². The van der Waals surface area contributed by atoms with Gasteiger partial charge < -0.3 is 18.9 Å². The Hall–Kier alpha value is -1.90. The number of carbonyl (C=O) groups is 1. The molecule has 0 unspecified atom stereocenters. The summed E-state index contributed by atoms with van der Waals surface area (Å²) in [5, 5.41) is 9.33. The Morgan fingerprint density at radius 2 is 1.77 bits per heavy atom. The van der Waals surface area contributed by atoms with Gasteiger partial charge in [0.15, 0.2) is 11.0 Å². The van der Waals surface area contributed by atoms with Crippen molar-refractivity contribution in [1.29, 1.82) is 0 Å². The second-order valence-electron chi connectivity index (χ2n) is 5.57. The quantitative estimate of drug-likeness (QED) is 0.558. The Bertz CT molecular complexity index is 670. The van der Waals surface area contributed by atoms with Gasteiger partial charge in [-0.3, -0.25) is 4.79 Å². The average Bonchev–Trinajstić information content (AvgIpc) is 3.09. The summed E-state index contributed by atoms with van der Waals surface area (Å²) in [6.45, 7) is 4.90. The van der Waals surface area contributed by atoms with Crippen LogP contribution in [0.3, 0.4) is 0 Å². The fourth-order valence-electron chi connectivity index (χ4n) is 2.46. The zero-order chi connectivity index (χ0) is 18.8. The first-order chi connectivity index (χ1) is 12.7. The number of thioether (sulfide) groups is 1. The summed E-state index contributed by atoms with van der Waals surface area (Å²) in [6.07, 6.45) is 0.